The first kappa shape index (κ1) is 13.7. The topological polar surface area (TPSA) is 49.4 Å². The molecule has 2 amide bonds. The van der Waals surface area contributed by atoms with Crippen molar-refractivity contribution in [3.63, 3.8) is 0 Å². The van der Waals surface area contributed by atoms with E-state index in [0.29, 0.717) is 17.7 Å². The van der Waals surface area contributed by atoms with Gasteiger partial charge >= 0.3 is 0 Å². The number of carbonyl (C=O) groups excluding carboxylic acids is 2. The highest BCUT2D eigenvalue weighted by atomic mass is 32.1. The van der Waals surface area contributed by atoms with Crippen LogP contribution in [0.4, 0.5) is 0 Å². The summed E-state index contributed by atoms with van der Waals surface area (Å²) in [5.41, 5.74) is 0. The zero-order valence-electron chi connectivity index (χ0n) is 10.9. The molecule has 102 valence electrons. The molecule has 2 fully saturated rings. The van der Waals surface area contributed by atoms with E-state index in [4.69, 9.17) is 0 Å². The Balaban J connectivity index is 2.01. The van der Waals surface area contributed by atoms with E-state index in [1.54, 1.807) is 0 Å². The van der Waals surface area contributed by atoms with Crippen molar-refractivity contribution >= 4 is 24.4 Å². The number of hydrogen-bond donors (Lipinski definition) is 2. The minimum absolute atomic E-state index is 0.0506. The molecule has 0 aromatic carbocycles. The number of rotatable bonds is 3. The van der Waals surface area contributed by atoms with Crippen LogP contribution in [0.25, 0.3) is 0 Å². The number of nitrogens with zero attached hydrogens (tertiary/aromatic N) is 1. The lowest BCUT2D eigenvalue weighted by atomic mass is 9.85. The van der Waals surface area contributed by atoms with E-state index in [2.05, 4.69) is 17.9 Å². The maximum atomic E-state index is 12.4. The van der Waals surface area contributed by atoms with Crippen LogP contribution >= 0.6 is 12.6 Å². The summed E-state index contributed by atoms with van der Waals surface area (Å²) in [6.45, 7) is 2.29. The molecule has 1 saturated carbocycles. The lowest BCUT2D eigenvalue weighted by Gasteiger charge is -2.33. The fourth-order valence-electron chi connectivity index (χ4n) is 3.31. The quantitative estimate of drug-likeness (QED) is 0.757. The molecular weight excluding hydrogens is 248 g/mol. The first-order chi connectivity index (χ1) is 8.63. The molecule has 2 rings (SSSR count). The molecule has 1 aliphatic carbocycles. The summed E-state index contributed by atoms with van der Waals surface area (Å²) in [6.07, 6.45) is 6.01. The molecule has 18 heavy (non-hydrogen) atoms. The van der Waals surface area contributed by atoms with Crippen molar-refractivity contribution in [1.29, 1.82) is 0 Å². The van der Waals surface area contributed by atoms with Gasteiger partial charge in [-0.05, 0) is 25.2 Å². The minimum atomic E-state index is -0.466. The molecule has 1 saturated heterocycles. The molecule has 3 atom stereocenters. The number of thiol groups is 1. The third-order valence-corrected chi connectivity index (χ3v) is 4.52. The van der Waals surface area contributed by atoms with Gasteiger partial charge in [0.2, 0.25) is 11.8 Å². The Bertz CT molecular complexity index is 335. The Morgan fingerprint density at radius 2 is 2.06 bits per heavy atom. The second-order valence-electron chi connectivity index (χ2n) is 5.37. The van der Waals surface area contributed by atoms with E-state index >= 15 is 0 Å². The zero-order valence-corrected chi connectivity index (χ0v) is 11.8. The zero-order chi connectivity index (χ0) is 13.1. The van der Waals surface area contributed by atoms with Crippen LogP contribution in [0.2, 0.25) is 0 Å². The van der Waals surface area contributed by atoms with E-state index in [1.807, 2.05) is 4.90 Å². The minimum Gasteiger partial charge on any atom is -0.344 e. The molecule has 1 heterocycles. The Labute approximate surface area is 114 Å². The SMILES string of the molecule is CC(=O)NC(CS)C(=O)N1CCC2CCCCC21. The van der Waals surface area contributed by atoms with Crippen molar-refractivity contribution in [3.05, 3.63) is 0 Å². The van der Waals surface area contributed by atoms with Crippen LogP contribution in [0.3, 0.4) is 0 Å². The maximum absolute atomic E-state index is 12.4. The number of likely N-dealkylation sites (tertiary alicyclic amines) is 1. The summed E-state index contributed by atoms with van der Waals surface area (Å²) in [5.74, 6) is 0.934. The molecule has 0 aromatic heterocycles. The van der Waals surface area contributed by atoms with Crippen molar-refractivity contribution in [1.82, 2.24) is 10.2 Å². The average Bonchev–Trinajstić information content (AvgIpc) is 2.78. The molecule has 5 heteroatoms. The van der Waals surface area contributed by atoms with Gasteiger partial charge in [-0.15, -0.1) is 0 Å². The van der Waals surface area contributed by atoms with Gasteiger partial charge in [-0.2, -0.15) is 12.6 Å². The first-order valence-corrected chi connectivity index (χ1v) is 7.45. The predicted octanol–water partition coefficient (Wildman–Crippen LogP) is 1.21. The van der Waals surface area contributed by atoms with E-state index < -0.39 is 6.04 Å². The molecular formula is C13H22N2O2S. The third-order valence-electron chi connectivity index (χ3n) is 4.15. The standard InChI is InChI=1S/C13H22N2O2S/c1-9(16)14-11(8-18)13(17)15-7-6-10-4-2-3-5-12(10)15/h10-12,18H,2-8H2,1H3,(H,14,16). The summed E-state index contributed by atoms with van der Waals surface area (Å²) in [5, 5.41) is 2.70. The van der Waals surface area contributed by atoms with Crippen molar-refractivity contribution in [2.45, 2.75) is 51.1 Å². The molecule has 1 aliphatic heterocycles. The van der Waals surface area contributed by atoms with Crippen LogP contribution in [0.15, 0.2) is 0 Å². The monoisotopic (exact) mass is 270 g/mol. The summed E-state index contributed by atoms with van der Waals surface area (Å²) in [6, 6.07) is -0.0612. The van der Waals surface area contributed by atoms with Gasteiger partial charge in [0.05, 0.1) is 0 Å². The second kappa shape index (κ2) is 5.95. The Kier molecular flexibility index (Phi) is 4.54. The first-order valence-electron chi connectivity index (χ1n) is 6.82. The summed E-state index contributed by atoms with van der Waals surface area (Å²) >= 11 is 4.18. The van der Waals surface area contributed by atoms with E-state index in [9.17, 15) is 9.59 Å². The fraction of sp³-hybridized carbons (Fsp3) is 0.846. The second-order valence-corrected chi connectivity index (χ2v) is 5.73. The molecule has 0 aromatic rings. The normalized spacial score (nSPS) is 28.7. The summed E-state index contributed by atoms with van der Waals surface area (Å²) in [7, 11) is 0. The largest absolute Gasteiger partial charge is 0.344 e. The van der Waals surface area contributed by atoms with Crippen LogP contribution in [0, 0.1) is 5.92 Å². The van der Waals surface area contributed by atoms with Crippen LogP contribution in [0.1, 0.15) is 39.0 Å². The smallest absolute Gasteiger partial charge is 0.246 e. The fourth-order valence-corrected chi connectivity index (χ4v) is 3.56. The Morgan fingerprint density at radius 1 is 1.33 bits per heavy atom. The van der Waals surface area contributed by atoms with E-state index in [0.717, 1.165) is 19.4 Å². The lowest BCUT2D eigenvalue weighted by molar-refractivity contribution is -0.136. The molecule has 0 bridgehead atoms. The van der Waals surface area contributed by atoms with Crippen molar-refractivity contribution in [2.24, 2.45) is 5.92 Å². The Morgan fingerprint density at radius 3 is 2.72 bits per heavy atom. The van der Waals surface area contributed by atoms with Gasteiger partial charge in [-0.1, -0.05) is 12.8 Å². The molecule has 0 spiro atoms. The predicted molar refractivity (Wildman–Crippen MR) is 73.5 cm³/mol. The highest BCUT2D eigenvalue weighted by Crippen LogP contribution is 2.36. The van der Waals surface area contributed by atoms with Crippen LogP contribution in [-0.2, 0) is 9.59 Å². The summed E-state index contributed by atoms with van der Waals surface area (Å²) < 4.78 is 0. The molecule has 4 nitrogen and oxygen atoms in total. The highest BCUT2D eigenvalue weighted by molar-refractivity contribution is 7.80. The van der Waals surface area contributed by atoms with Gasteiger partial charge in [0.25, 0.3) is 0 Å². The number of carbonyl (C=O) groups is 2. The van der Waals surface area contributed by atoms with Gasteiger partial charge < -0.3 is 10.2 Å². The lowest BCUT2D eigenvalue weighted by Crippen LogP contribution is -2.51. The molecule has 3 unspecified atom stereocenters. The van der Waals surface area contributed by atoms with Crippen LogP contribution in [0.5, 0.6) is 0 Å². The van der Waals surface area contributed by atoms with Crippen molar-refractivity contribution in [2.75, 3.05) is 12.3 Å². The maximum Gasteiger partial charge on any atom is 0.246 e. The van der Waals surface area contributed by atoms with Crippen LogP contribution in [-0.4, -0.2) is 41.1 Å². The highest BCUT2D eigenvalue weighted by Gasteiger charge is 2.39. The number of fused-ring (bicyclic) bond motifs is 1. The van der Waals surface area contributed by atoms with E-state index in [1.165, 1.54) is 26.2 Å². The van der Waals surface area contributed by atoms with Crippen molar-refractivity contribution < 1.29 is 9.59 Å². The average molecular weight is 270 g/mol. The van der Waals surface area contributed by atoms with Gasteiger partial charge in [0.1, 0.15) is 6.04 Å². The number of nitrogens with one attached hydrogen (secondary N) is 1. The van der Waals surface area contributed by atoms with Gasteiger partial charge in [-0.25, -0.2) is 0 Å². The van der Waals surface area contributed by atoms with E-state index in [-0.39, 0.29) is 11.8 Å². The van der Waals surface area contributed by atoms with Gasteiger partial charge in [-0.3, -0.25) is 9.59 Å². The van der Waals surface area contributed by atoms with Gasteiger partial charge in [0.15, 0.2) is 0 Å². The molecule has 1 N–H and O–H groups in total. The third kappa shape index (κ3) is 2.82. The number of hydrogen-bond acceptors (Lipinski definition) is 3. The summed E-state index contributed by atoms with van der Waals surface area (Å²) in [4.78, 5) is 25.5. The molecule has 0 radical (unpaired) electrons. The number of amides is 2. The van der Waals surface area contributed by atoms with Crippen molar-refractivity contribution in [3.8, 4) is 0 Å². The molecule has 2 aliphatic rings. The Hall–Kier alpha value is -0.710. The van der Waals surface area contributed by atoms with Gasteiger partial charge in [0, 0.05) is 25.3 Å². The van der Waals surface area contributed by atoms with Crippen LogP contribution < -0.4 is 5.32 Å².